The van der Waals surface area contributed by atoms with Crippen LogP contribution in [0.1, 0.15) is 34.7 Å². The van der Waals surface area contributed by atoms with E-state index in [1.165, 1.54) is 16.9 Å². The SMILES string of the molecule is COc1cccc(C=c2sc3n(c2=O)C(c2ccc(Cl)cc2)C2=C(N=3)c3ccccc3CC2)c1OC. The number of fused-ring (bicyclic) bond motifs is 3. The summed E-state index contributed by atoms with van der Waals surface area (Å²) in [7, 11) is 3.20. The second-order valence-corrected chi connectivity index (χ2v) is 10.2. The summed E-state index contributed by atoms with van der Waals surface area (Å²) in [5, 5.41) is 0.666. The van der Waals surface area contributed by atoms with Gasteiger partial charge >= 0.3 is 0 Å². The van der Waals surface area contributed by atoms with E-state index < -0.39 is 0 Å². The predicted molar refractivity (Wildman–Crippen MR) is 144 cm³/mol. The predicted octanol–water partition coefficient (Wildman–Crippen LogP) is 4.99. The number of hydrogen-bond acceptors (Lipinski definition) is 5. The lowest BCUT2D eigenvalue weighted by atomic mass is 9.83. The van der Waals surface area contributed by atoms with Crippen LogP contribution in [0, 0.1) is 0 Å². The summed E-state index contributed by atoms with van der Waals surface area (Å²) in [5.41, 5.74) is 6.29. The lowest BCUT2D eigenvalue weighted by Crippen LogP contribution is -2.38. The Morgan fingerprint density at radius 2 is 1.81 bits per heavy atom. The monoisotopic (exact) mass is 514 g/mol. The van der Waals surface area contributed by atoms with Gasteiger partial charge in [0.15, 0.2) is 16.3 Å². The fourth-order valence-corrected chi connectivity index (χ4v) is 6.25. The lowest BCUT2D eigenvalue weighted by molar-refractivity contribution is 0.354. The van der Waals surface area contributed by atoms with Gasteiger partial charge < -0.3 is 9.47 Å². The van der Waals surface area contributed by atoms with Crippen molar-refractivity contribution < 1.29 is 9.47 Å². The molecule has 7 heteroatoms. The van der Waals surface area contributed by atoms with Crippen LogP contribution in [-0.4, -0.2) is 18.8 Å². The molecule has 0 saturated heterocycles. The Balaban J connectivity index is 1.62. The molecule has 3 aromatic carbocycles. The van der Waals surface area contributed by atoms with Crippen molar-refractivity contribution in [1.29, 1.82) is 0 Å². The highest BCUT2D eigenvalue weighted by Crippen LogP contribution is 2.41. The molecule has 1 aliphatic heterocycles. The number of halogens is 1. The van der Waals surface area contributed by atoms with Gasteiger partial charge in [0.2, 0.25) is 0 Å². The van der Waals surface area contributed by atoms with E-state index in [1.54, 1.807) is 14.2 Å². The van der Waals surface area contributed by atoms with Crippen LogP contribution >= 0.6 is 22.9 Å². The highest BCUT2D eigenvalue weighted by Gasteiger charge is 2.32. The molecule has 0 saturated carbocycles. The maximum atomic E-state index is 13.9. The number of rotatable bonds is 4. The molecule has 1 aliphatic carbocycles. The van der Waals surface area contributed by atoms with Crippen LogP contribution in [0.2, 0.25) is 5.02 Å². The minimum Gasteiger partial charge on any atom is -0.493 e. The number of nitrogens with zero attached hydrogens (tertiary/aromatic N) is 2. The van der Waals surface area contributed by atoms with Crippen LogP contribution in [0.5, 0.6) is 11.5 Å². The Bertz CT molecular complexity index is 1700. The van der Waals surface area contributed by atoms with E-state index in [9.17, 15) is 4.79 Å². The summed E-state index contributed by atoms with van der Waals surface area (Å²) < 4.78 is 13.5. The van der Waals surface area contributed by atoms with Crippen molar-refractivity contribution in [2.24, 2.45) is 4.99 Å². The van der Waals surface area contributed by atoms with Crippen molar-refractivity contribution in [3.63, 3.8) is 0 Å². The molecule has 0 spiro atoms. The first-order chi connectivity index (χ1) is 17.6. The number of ether oxygens (including phenoxy) is 2. The standard InChI is InChI=1S/C29H23ClN2O3S/c1-34-23-9-5-7-19(27(23)35-2)16-24-28(33)32-26(18-10-13-20(30)14-11-18)22-15-12-17-6-3-4-8-21(17)25(22)31-29(32)36-24/h3-11,13-14,16,26H,12,15H2,1-2H3. The molecular weight excluding hydrogens is 492 g/mol. The first-order valence-corrected chi connectivity index (χ1v) is 12.9. The van der Waals surface area contributed by atoms with Crippen LogP contribution < -0.4 is 24.4 Å². The van der Waals surface area contributed by atoms with Gasteiger partial charge in [0.25, 0.3) is 5.56 Å². The van der Waals surface area contributed by atoms with Crippen molar-refractivity contribution in [3.05, 3.63) is 119 Å². The van der Waals surface area contributed by atoms with E-state index in [2.05, 4.69) is 18.2 Å². The van der Waals surface area contributed by atoms with Crippen molar-refractivity contribution in [1.82, 2.24) is 4.57 Å². The quantitative estimate of drug-likeness (QED) is 0.385. The fraction of sp³-hybridized carbons (Fsp3) is 0.172. The summed E-state index contributed by atoms with van der Waals surface area (Å²) in [4.78, 5) is 19.6. The van der Waals surface area contributed by atoms with E-state index in [4.69, 9.17) is 26.1 Å². The number of allylic oxidation sites excluding steroid dienone is 1. The summed E-state index contributed by atoms with van der Waals surface area (Å²) in [6.45, 7) is 0. The van der Waals surface area contributed by atoms with E-state index in [1.807, 2.05) is 59.2 Å². The Labute approximate surface area is 217 Å². The third-order valence-electron chi connectivity index (χ3n) is 6.78. The Morgan fingerprint density at radius 3 is 2.58 bits per heavy atom. The largest absolute Gasteiger partial charge is 0.493 e. The number of para-hydroxylation sites is 1. The van der Waals surface area contributed by atoms with Crippen LogP contribution in [0.4, 0.5) is 0 Å². The molecular formula is C29H23ClN2O3S. The summed E-state index contributed by atoms with van der Waals surface area (Å²) >= 11 is 7.60. The minimum absolute atomic E-state index is 0.0750. The van der Waals surface area contributed by atoms with Gasteiger partial charge in [-0.15, -0.1) is 0 Å². The van der Waals surface area contributed by atoms with E-state index in [0.717, 1.165) is 40.8 Å². The van der Waals surface area contributed by atoms with Crippen LogP contribution in [0.3, 0.4) is 0 Å². The molecule has 1 aromatic heterocycles. The van der Waals surface area contributed by atoms with Crippen molar-refractivity contribution in [3.8, 4) is 11.5 Å². The molecule has 2 aliphatic rings. The number of aromatic nitrogens is 1. The van der Waals surface area contributed by atoms with Gasteiger partial charge in [-0.3, -0.25) is 9.36 Å². The number of aryl methyl sites for hydroxylation is 1. The average molecular weight is 515 g/mol. The number of benzene rings is 3. The molecule has 4 aromatic rings. The van der Waals surface area contributed by atoms with Gasteiger partial charge in [0.05, 0.1) is 30.5 Å². The molecule has 0 fully saturated rings. The molecule has 2 heterocycles. The molecule has 1 unspecified atom stereocenters. The first kappa shape index (κ1) is 22.8. The van der Waals surface area contributed by atoms with Gasteiger partial charge in [0, 0.05) is 16.1 Å². The van der Waals surface area contributed by atoms with Gasteiger partial charge in [0.1, 0.15) is 0 Å². The Morgan fingerprint density at radius 1 is 1.00 bits per heavy atom. The maximum Gasteiger partial charge on any atom is 0.271 e. The third kappa shape index (κ3) is 3.69. The number of hydrogen-bond donors (Lipinski definition) is 0. The smallest absolute Gasteiger partial charge is 0.271 e. The van der Waals surface area contributed by atoms with Gasteiger partial charge in [-0.1, -0.05) is 71.5 Å². The zero-order valence-corrected chi connectivity index (χ0v) is 21.4. The summed E-state index contributed by atoms with van der Waals surface area (Å²) in [6, 6.07) is 21.6. The molecule has 6 rings (SSSR count). The van der Waals surface area contributed by atoms with E-state index in [0.29, 0.717) is 25.9 Å². The highest BCUT2D eigenvalue weighted by atomic mass is 35.5. The average Bonchev–Trinajstić information content (AvgIpc) is 3.22. The molecule has 0 bridgehead atoms. The summed E-state index contributed by atoms with van der Waals surface area (Å²) in [5.74, 6) is 1.21. The van der Waals surface area contributed by atoms with Crippen molar-refractivity contribution >= 4 is 34.7 Å². The topological polar surface area (TPSA) is 52.8 Å². The molecule has 1 atom stereocenters. The lowest BCUT2D eigenvalue weighted by Gasteiger charge is -2.30. The van der Waals surface area contributed by atoms with Crippen LogP contribution in [0.15, 0.2) is 82.1 Å². The van der Waals surface area contributed by atoms with Crippen LogP contribution in [0.25, 0.3) is 11.8 Å². The Hall–Kier alpha value is -3.61. The second kappa shape index (κ2) is 9.12. The number of methoxy groups -OCH3 is 2. The van der Waals surface area contributed by atoms with Crippen LogP contribution in [-0.2, 0) is 6.42 Å². The molecule has 180 valence electrons. The van der Waals surface area contributed by atoms with Crippen molar-refractivity contribution in [2.45, 2.75) is 18.9 Å². The molecule has 0 N–H and O–H groups in total. The van der Waals surface area contributed by atoms with E-state index in [-0.39, 0.29) is 11.6 Å². The maximum absolute atomic E-state index is 13.9. The molecule has 0 amide bonds. The zero-order valence-electron chi connectivity index (χ0n) is 19.8. The highest BCUT2D eigenvalue weighted by molar-refractivity contribution is 7.07. The molecule has 36 heavy (non-hydrogen) atoms. The molecule has 5 nitrogen and oxygen atoms in total. The second-order valence-electron chi connectivity index (χ2n) is 8.75. The van der Waals surface area contributed by atoms with E-state index >= 15 is 0 Å². The Kier molecular flexibility index (Phi) is 5.78. The van der Waals surface area contributed by atoms with Gasteiger partial charge in [-0.2, -0.15) is 0 Å². The van der Waals surface area contributed by atoms with Gasteiger partial charge in [-0.25, -0.2) is 4.99 Å². The normalized spacial score (nSPS) is 16.6. The first-order valence-electron chi connectivity index (χ1n) is 11.7. The minimum atomic E-state index is -0.240. The zero-order chi connectivity index (χ0) is 24.8. The summed E-state index contributed by atoms with van der Waals surface area (Å²) in [6.07, 6.45) is 3.62. The molecule has 0 radical (unpaired) electrons. The fourth-order valence-electron chi connectivity index (χ4n) is 5.13. The van der Waals surface area contributed by atoms with Crippen molar-refractivity contribution in [2.75, 3.05) is 14.2 Å². The van der Waals surface area contributed by atoms with Gasteiger partial charge in [-0.05, 0) is 53.8 Å². The third-order valence-corrected chi connectivity index (χ3v) is 8.01. The number of thiazole rings is 1.